The Hall–Kier alpha value is -1.13. The van der Waals surface area contributed by atoms with E-state index < -0.39 is 0 Å². The molecule has 1 aromatic rings. The van der Waals surface area contributed by atoms with E-state index >= 15 is 0 Å². The molecule has 4 nitrogen and oxygen atoms in total. The lowest BCUT2D eigenvalue weighted by Gasteiger charge is -2.25. The van der Waals surface area contributed by atoms with Gasteiger partial charge in [-0.15, -0.1) is 0 Å². The molecule has 0 bridgehead atoms. The highest BCUT2D eigenvalue weighted by atomic mass is 15.2. The van der Waals surface area contributed by atoms with Crippen LogP contribution in [-0.4, -0.2) is 50.2 Å². The van der Waals surface area contributed by atoms with Crippen molar-refractivity contribution in [1.29, 1.82) is 0 Å². The summed E-state index contributed by atoms with van der Waals surface area (Å²) in [6, 6.07) is 4.39. The van der Waals surface area contributed by atoms with Gasteiger partial charge in [0, 0.05) is 31.9 Å². The van der Waals surface area contributed by atoms with Gasteiger partial charge in [0.15, 0.2) is 0 Å². The fourth-order valence-corrected chi connectivity index (χ4v) is 2.27. The van der Waals surface area contributed by atoms with E-state index in [0.29, 0.717) is 0 Å². The second-order valence-electron chi connectivity index (χ2n) is 5.88. The van der Waals surface area contributed by atoms with Crippen molar-refractivity contribution in [1.82, 2.24) is 15.2 Å². The van der Waals surface area contributed by atoms with Gasteiger partial charge in [-0.3, -0.25) is 0 Å². The van der Waals surface area contributed by atoms with Gasteiger partial charge in [-0.25, -0.2) is 4.98 Å². The molecule has 0 aliphatic carbocycles. The van der Waals surface area contributed by atoms with Crippen LogP contribution in [0.15, 0.2) is 12.1 Å². The molecule has 0 fully saturated rings. The topological polar surface area (TPSA) is 31.4 Å². The molecule has 120 valence electrons. The minimum absolute atomic E-state index is 0.915. The predicted octanol–water partition coefficient (Wildman–Crippen LogP) is 2.67. The van der Waals surface area contributed by atoms with E-state index in [-0.39, 0.29) is 0 Å². The summed E-state index contributed by atoms with van der Waals surface area (Å²) in [5, 5.41) is 3.45. The summed E-state index contributed by atoms with van der Waals surface area (Å²) in [5.41, 5.74) is 2.44. The van der Waals surface area contributed by atoms with Crippen molar-refractivity contribution in [3.63, 3.8) is 0 Å². The summed E-state index contributed by atoms with van der Waals surface area (Å²) < 4.78 is 0. The number of aromatic nitrogens is 1. The number of nitrogens with one attached hydrogen (secondary N) is 1. The third-order valence-corrected chi connectivity index (χ3v) is 3.56. The van der Waals surface area contributed by atoms with Crippen molar-refractivity contribution in [2.24, 2.45) is 0 Å². The van der Waals surface area contributed by atoms with Gasteiger partial charge in [0.2, 0.25) is 0 Å². The van der Waals surface area contributed by atoms with Crippen molar-refractivity contribution in [3.05, 3.63) is 23.4 Å². The Kier molecular flexibility index (Phi) is 8.31. The molecule has 0 aliphatic rings. The van der Waals surface area contributed by atoms with E-state index in [0.717, 1.165) is 50.7 Å². The fraction of sp³-hybridized carbons (Fsp3) is 0.706. The van der Waals surface area contributed by atoms with Crippen molar-refractivity contribution < 1.29 is 0 Å². The number of nitrogens with zero attached hydrogens (tertiary/aromatic N) is 3. The minimum atomic E-state index is 0.915. The number of aryl methyl sites for hydroxylation is 1. The Labute approximate surface area is 130 Å². The standard InChI is InChI=1S/C17H32N4/c1-6-10-18-14-16-8-9-17(19-15(16)3)21(11-7-2)13-12-20(4)5/h8-9,18H,6-7,10-14H2,1-5H3. The number of hydrogen-bond donors (Lipinski definition) is 1. The zero-order valence-corrected chi connectivity index (χ0v) is 14.4. The van der Waals surface area contributed by atoms with E-state index in [2.05, 4.69) is 62.1 Å². The van der Waals surface area contributed by atoms with E-state index in [1.54, 1.807) is 0 Å². The molecule has 0 radical (unpaired) electrons. The maximum absolute atomic E-state index is 4.82. The fourth-order valence-electron chi connectivity index (χ4n) is 2.27. The third-order valence-electron chi connectivity index (χ3n) is 3.56. The van der Waals surface area contributed by atoms with E-state index in [9.17, 15) is 0 Å². The Morgan fingerprint density at radius 3 is 2.38 bits per heavy atom. The van der Waals surface area contributed by atoms with Crippen molar-refractivity contribution in [3.8, 4) is 0 Å². The van der Waals surface area contributed by atoms with Crippen LogP contribution >= 0.6 is 0 Å². The smallest absolute Gasteiger partial charge is 0.128 e. The summed E-state index contributed by atoms with van der Waals surface area (Å²) in [6.45, 7) is 11.6. The molecule has 1 aromatic heterocycles. The molecule has 1 N–H and O–H groups in total. The summed E-state index contributed by atoms with van der Waals surface area (Å²) in [6.07, 6.45) is 2.31. The molecule has 21 heavy (non-hydrogen) atoms. The first-order valence-electron chi connectivity index (χ1n) is 8.15. The lowest BCUT2D eigenvalue weighted by Crippen LogP contribution is -2.33. The van der Waals surface area contributed by atoms with Crippen molar-refractivity contribution in [2.45, 2.75) is 40.2 Å². The zero-order chi connectivity index (χ0) is 15.7. The van der Waals surface area contributed by atoms with Crippen LogP contribution < -0.4 is 10.2 Å². The molecule has 0 aliphatic heterocycles. The first-order valence-corrected chi connectivity index (χ1v) is 8.15. The summed E-state index contributed by atoms with van der Waals surface area (Å²) in [4.78, 5) is 9.42. The minimum Gasteiger partial charge on any atom is -0.355 e. The van der Waals surface area contributed by atoms with Crippen molar-refractivity contribution in [2.75, 3.05) is 45.2 Å². The van der Waals surface area contributed by atoms with Gasteiger partial charge >= 0.3 is 0 Å². The quantitative estimate of drug-likeness (QED) is 0.672. The highest BCUT2D eigenvalue weighted by molar-refractivity contribution is 5.41. The predicted molar refractivity (Wildman–Crippen MR) is 92.0 cm³/mol. The lowest BCUT2D eigenvalue weighted by atomic mass is 10.2. The largest absolute Gasteiger partial charge is 0.355 e. The Morgan fingerprint density at radius 2 is 1.81 bits per heavy atom. The van der Waals surface area contributed by atoms with Gasteiger partial charge in [-0.1, -0.05) is 19.9 Å². The van der Waals surface area contributed by atoms with Crippen molar-refractivity contribution >= 4 is 5.82 Å². The van der Waals surface area contributed by atoms with Crippen LogP contribution in [0.3, 0.4) is 0 Å². The van der Waals surface area contributed by atoms with Crippen LogP contribution in [-0.2, 0) is 6.54 Å². The maximum atomic E-state index is 4.82. The molecule has 0 saturated heterocycles. The molecule has 0 aromatic carbocycles. The molecule has 1 rings (SSSR count). The number of pyridine rings is 1. The van der Waals surface area contributed by atoms with Gasteiger partial charge in [-0.2, -0.15) is 0 Å². The Bertz CT molecular complexity index is 404. The molecule has 0 unspecified atom stereocenters. The van der Waals surface area contributed by atoms with Crippen LogP contribution in [0.25, 0.3) is 0 Å². The second-order valence-corrected chi connectivity index (χ2v) is 5.88. The van der Waals surface area contributed by atoms with Crippen LogP contribution in [0.1, 0.15) is 37.9 Å². The van der Waals surface area contributed by atoms with E-state index in [1.165, 1.54) is 12.0 Å². The van der Waals surface area contributed by atoms with Gasteiger partial charge < -0.3 is 15.1 Å². The normalized spacial score (nSPS) is 11.1. The lowest BCUT2D eigenvalue weighted by molar-refractivity contribution is 0.412. The molecule has 0 spiro atoms. The summed E-state index contributed by atoms with van der Waals surface area (Å²) in [7, 11) is 4.23. The summed E-state index contributed by atoms with van der Waals surface area (Å²) in [5.74, 6) is 1.11. The third kappa shape index (κ3) is 6.44. The highest BCUT2D eigenvalue weighted by Crippen LogP contribution is 2.15. The molecule has 1 heterocycles. The van der Waals surface area contributed by atoms with Crippen LogP contribution in [0.4, 0.5) is 5.82 Å². The first-order chi connectivity index (χ1) is 10.1. The molecular formula is C17H32N4. The van der Waals surface area contributed by atoms with Gasteiger partial charge in [0.05, 0.1) is 0 Å². The molecular weight excluding hydrogens is 260 g/mol. The van der Waals surface area contributed by atoms with E-state index in [1.807, 2.05) is 0 Å². The average molecular weight is 292 g/mol. The number of likely N-dealkylation sites (N-methyl/N-ethyl adjacent to an activating group) is 1. The molecule has 0 saturated carbocycles. The maximum Gasteiger partial charge on any atom is 0.128 e. The number of hydrogen-bond acceptors (Lipinski definition) is 4. The van der Waals surface area contributed by atoms with E-state index in [4.69, 9.17) is 4.98 Å². The zero-order valence-electron chi connectivity index (χ0n) is 14.4. The average Bonchev–Trinajstić information content (AvgIpc) is 2.45. The molecule has 4 heteroatoms. The highest BCUT2D eigenvalue weighted by Gasteiger charge is 2.09. The first kappa shape index (κ1) is 17.9. The molecule has 0 atom stereocenters. The van der Waals surface area contributed by atoms with Crippen LogP contribution in [0, 0.1) is 6.92 Å². The van der Waals surface area contributed by atoms with Gasteiger partial charge in [0.25, 0.3) is 0 Å². The molecule has 0 amide bonds. The monoisotopic (exact) mass is 292 g/mol. The van der Waals surface area contributed by atoms with Crippen LogP contribution in [0.5, 0.6) is 0 Å². The number of anilines is 1. The van der Waals surface area contributed by atoms with Gasteiger partial charge in [-0.05, 0) is 52.0 Å². The van der Waals surface area contributed by atoms with Gasteiger partial charge in [0.1, 0.15) is 5.82 Å². The van der Waals surface area contributed by atoms with Crippen LogP contribution in [0.2, 0.25) is 0 Å². The number of rotatable bonds is 10. The Balaban J connectivity index is 2.72. The SMILES string of the molecule is CCCNCc1ccc(N(CCC)CCN(C)C)nc1C. The second kappa shape index (κ2) is 9.74. The summed E-state index contributed by atoms with van der Waals surface area (Å²) >= 11 is 0. The Morgan fingerprint density at radius 1 is 1.05 bits per heavy atom.